The van der Waals surface area contributed by atoms with Crippen molar-refractivity contribution < 1.29 is 8.78 Å². The van der Waals surface area contributed by atoms with Gasteiger partial charge >= 0.3 is 0 Å². The summed E-state index contributed by atoms with van der Waals surface area (Å²) in [5, 5.41) is 8.20. The molecule has 0 amide bonds. The van der Waals surface area contributed by atoms with Gasteiger partial charge in [0.1, 0.15) is 11.6 Å². The van der Waals surface area contributed by atoms with Crippen LogP contribution in [0.1, 0.15) is 23.4 Å². The number of halogens is 2. The first-order valence-corrected chi connectivity index (χ1v) is 7.42. The molecule has 1 unspecified atom stereocenters. The Bertz CT molecular complexity index is 611. The number of nitrogens with one attached hydrogen (secondary N) is 2. The Labute approximate surface area is 126 Å². The van der Waals surface area contributed by atoms with E-state index in [0.29, 0.717) is 5.96 Å². The van der Waals surface area contributed by atoms with Crippen LogP contribution in [0.2, 0.25) is 0 Å². The van der Waals surface area contributed by atoms with Gasteiger partial charge in [0.15, 0.2) is 5.96 Å². The van der Waals surface area contributed by atoms with Crippen molar-refractivity contribution >= 4 is 17.3 Å². The lowest BCUT2D eigenvalue weighted by atomic mass is 10.2. The molecule has 0 fully saturated rings. The highest BCUT2D eigenvalue weighted by Gasteiger charge is 2.09. The molecule has 0 radical (unpaired) electrons. The van der Waals surface area contributed by atoms with Gasteiger partial charge in [0.2, 0.25) is 0 Å². The first-order chi connectivity index (χ1) is 10.1. The SMILES string of the molecule is CN=C(NCc1cc(F)ccc1F)NC(C)c1cccs1. The maximum atomic E-state index is 13.5. The first-order valence-electron chi connectivity index (χ1n) is 6.54. The van der Waals surface area contributed by atoms with Crippen LogP contribution in [0.25, 0.3) is 0 Å². The van der Waals surface area contributed by atoms with E-state index in [4.69, 9.17) is 0 Å². The molecule has 0 saturated heterocycles. The van der Waals surface area contributed by atoms with Crippen LogP contribution in [-0.2, 0) is 6.54 Å². The Hall–Kier alpha value is -1.95. The normalized spacial score (nSPS) is 13.0. The number of hydrogen-bond acceptors (Lipinski definition) is 2. The van der Waals surface area contributed by atoms with Gasteiger partial charge in [-0.2, -0.15) is 0 Å². The summed E-state index contributed by atoms with van der Waals surface area (Å²) in [6.07, 6.45) is 0. The smallest absolute Gasteiger partial charge is 0.191 e. The van der Waals surface area contributed by atoms with Crippen LogP contribution in [0, 0.1) is 11.6 Å². The quantitative estimate of drug-likeness (QED) is 0.670. The molecule has 2 N–H and O–H groups in total. The molecule has 6 heteroatoms. The highest BCUT2D eigenvalue weighted by atomic mass is 32.1. The maximum absolute atomic E-state index is 13.5. The number of benzene rings is 1. The fourth-order valence-corrected chi connectivity index (χ4v) is 2.60. The molecule has 0 aliphatic rings. The molecule has 112 valence electrons. The molecule has 1 aromatic carbocycles. The Morgan fingerprint density at radius 3 is 2.81 bits per heavy atom. The summed E-state index contributed by atoms with van der Waals surface area (Å²) >= 11 is 1.65. The number of hydrogen-bond donors (Lipinski definition) is 2. The second-order valence-electron chi connectivity index (χ2n) is 4.54. The first kappa shape index (κ1) is 15.4. The van der Waals surface area contributed by atoms with E-state index in [2.05, 4.69) is 15.6 Å². The van der Waals surface area contributed by atoms with Gasteiger partial charge in [-0.05, 0) is 36.6 Å². The second kappa shape index (κ2) is 7.17. The summed E-state index contributed by atoms with van der Waals surface area (Å²) in [4.78, 5) is 5.26. The molecule has 1 atom stereocenters. The number of rotatable bonds is 4. The number of nitrogens with zero attached hydrogens (tertiary/aromatic N) is 1. The predicted octanol–water partition coefficient (Wildman–Crippen LogP) is 3.45. The Balaban J connectivity index is 1.95. The molecule has 0 saturated carbocycles. The van der Waals surface area contributed by atoms with E-state index in [-0.39, 0.29) is 18.2 Å². The van der Waals surface area contributed by atoms with Crippen molar-refractivity contribution in [3.05, 3.63) is 57.8 Å². The number of aliphatic imine (C=N–C) groups is 1. The minimum absolute atomic E-state index is 0.0913. The van der Waals surface area contributed by atoms with Gasteiger partial charge in [0.05, 0.1) is 6.04 Å². The summed E-state index contributed by atoms with van der Waals surface area (Å²) in [5.74, 6) is -0.353. The minimum atomic E-state index is -0.455. The molecule has 2 rings (SSSR count). The fraction of sp³-hybridized carbons (Fsp3) is 0.267. The topological polar surface area (TPSA) is 36.4 Å². The fourth-order valence-electron chi connectivity index (χ4n) is 1.87. The molecule has 1 aromatic heterocycles. The monoisotopic (exact) mass is 309 g/mol. The van der Waals surface area contributed by atoms with Crippen LogP contribution < -0.4 is 10.6 Å². The standard InChI is InChI=1S/C15H17F2N3S/c1-10(14-4-3-7-21-14)20-15(18-2)19-9-11-8-12(16)5-6-13(11)17/h3-8,10H,9H2,1-2H3,(H2,18,19,20). The van der Waals surface area contributed by atoms with Crippen molar-refractivity contribution in [3.63, 3.8) is 0 Å². The van der Waals surface area contributed by atoms with Crippen LogP contribution in [0.15, 0.2) is 40.7 Å². The summed E-state index contributed by atoms with van der Waals surface area (Å²) in [6.45, 7) is 2.18. The van der Waals surface area contributed by atoms with Crippen LogP contribution in [-0.4, -0.2) is 13.0 Å². The highest BCUT2D eigenvalue weighted by molar-refractivity contribution is 7.10. The number of thiophene rings is 1. The van der Waals surface area contributed by atoms with Crippen molar-refractivity contribution in [1.29, 1.82) is 0 Å². The van der Waals surface area contributed by atoms with Gasteiger partial charge in [0.25, 0.3) is 0 Å². The largest absolute Gasteiger partial charge is 0.352 e. The van der Waals surface area contributed by atoms with Crippen molar-refractivity contribution in [2.45, 2.75) is 19.5 Å². The molecule has 21 heavy (non-hydrogen) atoms. The highest BCUT2D eigenvalue weighted by Crippen LogP contribution is 2.17. The molecule has 0 bridgehead atoms. The molecule has 0 aliphatic carbocycles. The predicted molar refractivity (Wildman–Crippen MR) is 82.4 cm³/mol. The van der Waals surface area contributed by atoms with E-state index in [1.807, 2.05) is 24.4 Å². The van der Waals surface area contributed by atoms with Gasteiger partial charge in [-0.1, -0.05) is 6.07 Å². The zero-order valence-corrected chi connectivity index (χ0v) is 12.7. The van der Waals surface area contributed by atoms with E-state index in [1.165, 1.54) is 10.9 Å². The lowest BCUT2D eigenvalue weighted by Gasteiger charge is -2.17. The third-order valence-corrected chi connectivity index (χ3v) is 4.06. The molecule has 2 aromatic rings. The van der Waals surface area contributed by atoms with Crippen LogP contribution >= 0.6 is 11.3 Å². The lowest BCUT2D eigenvalue weighted by molar-refractivity contribution is 0.580. The second-order valence-corrected chi connectivity index (χ2v) is 5.52. The van der Waals surface area contributed by atoms with E-state index in [0.717, 1.165) is 12.1 Å². The van der Waals surface area contributed by atoms with Gasteiger partial charge in [0, 0.05) is 24.0 Å². The average molecular weight is 309 g/mol. The van der Waals surface area contributed by atoms with Gasteiger partial charge < -0.3 is 10.6 Å². The molecular formula is C15H17F2N3S. The van der Waals surface area contributed by atoms with Crippen LogP contribution in [0.5, 0.6) is 0 Å². The Morgan fingerprint density at radius 2 is 2.14 bits per heavy atom. The van der Waals surface area contributed by atoms with E-state index < -0.39 is 11.6 Å². The summed E-state index contributed by atoms with van der Waals surface area (Å²) in [6, 6.07) is 7.51. The van der Waals surface area contributed by atoms with Crippen molar-refractivity contribution in [2.24, 2.45) is 4.99 Å². The third kappa shape index (κ3) is 4.26. The average Bonchev–Trinajstić information content (AvgIpc) is 3.00. The number of guanidine groups is 1. The summed E-state index contributed by atoms with van der Waals surface area (Å²) in [5.41, 5.74) is 0.265. The van der Waals surface area contributed by atoms with E-state index in [9.17, 15) is 8.78 Å². The van der Waals surface area contributed by atoms with Crippen LogP contribution in [0.4, 0.5) is 8.78 Å². The Kier molecular flexibility index (Phi) is 5.27. The Morgan fingerprint density at radius 1 is 1.33 bits per heavy atom. The third-order valence-electron chi connectivity index (χ3n) is 3.00. The van der Waals surface area contributed by atoms with Gasteiger partial charge in [-0.15, -0.1) is 11.3 Å². The molecular weight excluding hydrogens is 292 g/mol. The minimum Gasteiger partial charge on any atom is -0.352 e. The molecule has 0 aliphatic heterocycles. The summed E-state index contributed by atoms with van der Waals surface area (Å²) in [7, 11) is 1.64. The molecule has 3 nitrogen and oxygen atoms in total. The zero-order chi connectivity index (χ0) is 15.2. The van der Waals surface area contributed by atoms with Crippen molar-refractivity contribution in [2.75, 3.05) is 7.05 Å². The molecule has 1 heterocycles. The van der Waals surface area contributed by atoms with Crippen LogP contribution in [0.3, 0.4) is 0 Å². The summed E-state index contributed by atoms with van der Waals surface area (Å²) < 4.78 is 26.7. The van der Waals surface area contributed by atoms with Gasteiger partial charge in [-0.3, -0.25) is 4.99 Å². The van der Waals surface area contributed by atoms with Crippen molar-refractivity contribution in [1.82, 2.24) is 10.6 Å². The van der Waals surface area contributed by atoms with Gasteiger partial charge in [-0.25, -0.2) is 8.78 Å². The zero-order valence-electron chi connectivity index (χ0n) is 11.9. The maximum Gasteiger partial charge on any atom is 0.191 e. The van der Waals surface area contributed by atoms with E-state index >= 15 is 0 Å². The molecule has 0 spiro atoms. The van der Waals surface area contributed by atoms with E-state index in [1.54, 1.807) is 18.4 Å². The van der Waals surface area contributed by atoms with Crippen molar-refractivity contribution in [3.8, 4) is 0 Å². The lowest BCUT2D eigenvalue weighted by Crippen LogP contribution is -2.38.